The quantitative estimate of drug-likeness (QED) is 0.561. The Morgan fingerprint density at radius 1 is 1.03 bits per heavy atom. The number of esters is 1. The fraction of sp³-hybridized carbons (Fsp3) is 0.444. The van der Waals surface area contributed by atoms with Gasteiger partial charge in [-0.1, -0.05) is 42.5 Å². The lowest BCUT2D eigenvalue weighted by atomic mass is 9.97. The molecular weight excluding hydrogens is 430 g/mol. The number of likely N-dealkylation sites (tertiary alicyclic amines) is 1. The van der Waals surface area contributed by atoms with Crippen LogP contribution in [0.2, 0.25) is 0 Å². The second-order valence-electron chi connectivity index (χ2n) is 8.68. The summed E-state index contributed by atoms with van der Waals surface area (Å²) in [5, 5.41) is 2.96. The second kappa shape index (κ2) is 12.8. The van der Waals surface area contributed by atoms with Gasteiger partial charge in [-0.3, -0.25) is 9.59 Å². The number of benzene rings is 2. The Morgan fingerprint density at radius 3 is 2.44 bits per heavy atom. The molecule has 1 aliphatic rings. The van der Waals surface area contributed by atoms with Crippen molar-refractivity contribution in [3.05, 3.63) is 65.7 Å². The minimum Gasteiger partial charge on any atom is -0.466 e. The van der Waals surface area contributed by atoms with Gasteiger partial charge in [0.05, 0.1) is 12.5 Å². The van der Waals surface area contributed by atoms with E-state index in [1.54, 1.807) is 16.7 Å². The van der Waals surface area contributed by atoms with Crippen molar-refractivity contribution in [2.45, 2.75) is 39.5 Å². The average molecular weight is 466 g/mol. The lowest BCUT2D eigenvalue weighted by molar-refractivity contribution is -0.151. The lowest BCUT2D eigenvalue weighted by Crippen LogP contribution is -2.43. The lowest BCUT2D eigenvalue weighted by Gasteiger charge is -2.31. The van der Waals surface area contributed by atoms with Crippen LogP contribution >= 0.6 is 0 Å². The van der Waals surface area contributed by atoms with Gasteiger partial charge < -0.3 is 19.9 Å². The normalized spacial score (nSPS) is 13.9. The number of urea groups is 1. The number of hydrogen-bond acceptors (Lipinski definition) is 4. The number of hydrogen-bond donors (Lipinski definition) is 1. The van der Waals surface area contributed by atoms with E-state index in [4.69, 9.17) is 4.74 Å². The molecule has 7 nitrogen and oxygen atoms in total. The van der Waals surface area contributed by atoms with E-state index in [0.717, 1.165) is 16.8 Å². The molecular formula is C27H35N3O4. The highest BCUT2D eigenvalue weighted by molar-refractivity contribution is 5.89. The third-order valence-corrected chi connectivity index (χ3v) is 6.13. The Balaban J connectivity index is 1.56. The maximum Gasteiger partial charge on any atom is 0.321 e. The van der Waals surface area contributed by atoms with Gasteiger partial charge in [0.1, 0.15) is 0 Å². The monoisotopic (exact) mass is 465 g/mol. The molecule has 1 aliphatic heterocycles. The van der Waals surface area contributed by atoms with Gasteiger partial charge in [0, 0.05) is 38.3 Å². The fourth-order valence-corrected chi connectivity index (χ4v) is 4.16. The number of nitrogens with zero attached hydrogens (tertiary/aromatic N) is 2. The van der Waals surface area contributed by atoms with E-state index in [0.29, 0.717) is 52.0 Å². The smallest absolute Gasteiger partial charge is 0.321 e. The molecule has 3 amide bonds. The molecule has 0 spiro atoms. The van der Waals surface area contributed by atoms with E-state index in [9.17, 15) is 14.4 Å². The van der Waals surface area contributed by atoms with Crippen LogP contribution in [0.5, 0.6) is 0 Å². The second-order valence-corrected chi connectivity index (χ2v) is 8.68. The molecule has 2 aromatic rings. The summed E-state index contributed by atoms with van der Waals surface area (Å²) in [4.78, 5) is 41.4. The van der Waals surface area contributed by atoms with E-state index in [1.807, 2.05) is 61.5 Å². The van der Waals surface area contributed by atoms with Crippen molar-refractivity contribution in [3.63, 3.8) is 0 Å². The van der Waals surface area contributed by atoms with Gasteiger partial charge in [-0.2, -0.15) is 0 Å². The largest absolute Gasteiger partial charge is 0.466 e. The predicted molar refractivity (Wildman–Crippen MR) is 132 cm³/mol. The molecule has 0 aliphatic carbocycles. The third kappa shape index (κ3) is 7.61. The first-order chi connectivity index (χ1) is 16.5. The van der Waals surface area contributed by atoms with Crippen LogP contribution < -0.4 is 5.32 Å². The van der Waals surface area contributed by atoms with E-state index in [2.05, 4.69) is 5.32 Å². The number of anilines is 1. The minimum atomic E-state index is -0.213. The summed E-state index contributed by atoms with van der Waals surface area (Å²) in [5.41, 5.74) is 2.94. The van der Waals surface area contributed by atoms with Gasteiger partial charge in [0.25, 0.3) is 0 Å². The first-order valence-electron chi connectivity index (χ1n) is 12.1. The summed E-state index contributed by atoms with van der Waals surface area (Å²) in [6.07, 6.45) is 2.20. The van der Waals surface area contributed by atoms with Crippen molar-refractivity contribution in [3.8, 4) is 0 Å². The summed E-state index contributed by atoms with van der Waals surface area (Å²) < 4.78 is 5.11. The van der Waals surface area contributed by atoms with Crippen LogP contribution in [0.1, 0.15) is 37.3 Å². The maximum atomic E-state index is 13.1. The van der Waals surface area contributed by atoms with Gasteiger partial charge in [0.15, 0.2) is 0 Å². The standard InChI is InChI=1S/C27H35N3O4/c1-3-34-26(32)23-13-17-29(18-14-23)25(31)15-19-30(16-12-22-9-5-4-6-10-22)27(33)28-24-11-7-8-21(2)20-24/h4-11,20,23H,3,12-19H2,1-2H3,(H,28,33). The summed E-state index contributed by atoms with van der Waals surface area (Å²) in [7, 11) is 0. The van der Waals surface area contributed by atoms with E-state index < -0.39 is 0 Å². The molecule has 34 heavy (non-hydrogen) atoms. The van der Waals surface area contributed by atoms with E-state index >= 15 is 0 Å². The number of nitrogens with one attached hydrogen (secondary N) is 1. The van der Waals surface area contributed by atoms with Gasteiger partial charge >= 0.3 is 12.0 Å². The minimum absolute atomic E-state index is 0.00961. The Hall–Kier alpha value is -3.35. The van der Waals surface area contributed by atoms with Crippen LogP contribution in [0.15, 0.2) is 54.6 Å². The van der Waals surface area contributed by atoms with Crippen molar-refractivity contribution in [2.75, 3.05) is 38.1 Å². The molecule has 0 aromatic heterocycles. The van der Waals surface area contributed by atoms with Crippen molar-refractivity contribution in [2.24, 2.45) is 5.92 Å². The van der Waals surface area contributed by atoms with Gasteiger partial charge in [-0.25, -0.2) is 4.79 Å². The summed E-state index contributed by atoms with van der Waals surface area (Å²) in [5.74, 6) is -0.295. The highest BCUT2D eigenvalue weighted by atomic mass is 16.5. The predicted octanol–water partition coefficient (Wildman–Crippen LogP) is 4.26. The van der Waals surface area contributed by atoms with Gasteiger partial charge in [-0.05, 0) is 56.4 Å². The molecule has 0 unspecified atom stereocenters. The van der Waals surface area contributed by atoms with Gasteiger partial charge in [0.2, 0.25) is 5.91 Å². The highest BCUT2D eigenvalue weighted by Gasteiger charge is 2.28. The Kier molecular flexibility index (Phi) is 9.50. The number of carbonyl (C=O) groups is 3. The number of aryl methyl sites for hydroxylation is 1. The molecule has 0 radical (unpaired) electrons. The third-order valence-electron chi connectivity index (χ3n) is 6.13. The summed E-state index contributed by atoms with van der Waals surface area (Å²) >= 11 is 0. The van der Waals surface area contributed by atoms with Crippen LogP contribution in [0.3, 0.4) is 0 Å². The average Bonchev–Trinajstić information content (AvgIpc) is 2.84. The highest BCUT2D eigenvalue weighted by Crippen LogP contribution is 2.19. The van der Waals surface area contributed by atoms with E-state index in [-0.39, 0.29) is 30.2 Å². The van der Waals surface area contributed by atoms with E-state index in [1.165, 1.54) is 0 Å². The number of ether oxygens (including phenoxy) is 1. The first-order valence-corrected chi connectivity index (χ1v) is 12.1. The Morgan fingerprint density at radius 2 is 1.76 bits per heavy atom. The van der Waals surface area contributed by atoms with Crippen LogP contribution in [0.4, 0.5) is 10.5 Å². The molecule has 182 valence electrons. The van der Waals surface area contributed by atoms with Crippen molar-refractivity contribution >= 4 is 23.6 Å². The zero-order chi connectivity index (χ0) is 24.3. The molecule has 2 aromatic carbocycles. The zero-order valence-corrected chi connectivity index (χ0v) is 20.2. The summed E-state index contributed by atoms with van der Waals surface area (Å²) in [6.45, 7) is 6.09. The molecule has 3 rings (SSSR count). The zero-order valence-electron chi connectivity index (χ0n) is 20.2. The topological polar surface area (TPSA) is 79.0 Å². The molecule has 0 bridgehead atoms. The summed E-state index contributed by atoms with van der Waals surface area (Å²) in [6, 6.07) is 17.5. The Bertz CT molecular complexity index is 955. The number of carbonyl (C=O) groups excluding carboxylic acids is 3. The van der Waals surface area contributed by atoms with Crippen molar-refractivity contribution < 1.29 is 19.1 Å². The maximum absolute atomic E-state index is 13.1. The van der Waals surface area contributed by atoms with Crippen LogP contribution in [-0.4, -0.2) is 60.5 Å². The number of piperidine rings is 1. The molecule has 0 atom stereocenters. The SMILES string of the molecule is CCOC(=O)C1CCN(C(=O)CCN(CCc2ccccc2)C(=O)Nc2cccc(C)c2)CC1. The van der Waals surface area contributed by atoms with Gasteiger partial charge in [-0.15, -0.1) is 0 Å². The van der Waals surface area contributed by atoms with Crippen LogP contribution in [0.25, 0.3) is 0 Å². The molecule has 0 saturated carbocycles. The number of rotatable bonds is 9. The molecule has 7 heteroatoms. The van der Waals surface area contributed by atoms with Crippen LogP contribution in [-0.2, 0) is 20.7 Å². The van der Waals surface area contributed by atoms with Crippen molar-refractivity contribution in [1.29, 1.82) is 0 Å². The van der Waals surface area contributed by atoms with Crippen LogP contribution in [0, 0.1) is 12.8 Å². The fourth-order valence-electron chi connectivity index (χ4n) is 4.16. The Labute approximate surface area is 202 Å². The molecule has 1 saturated heterocycles. The molecule has 1 N–H and O–H groups in total. The van der Waals surface area contributed by atoms with Crippen molar-refractivity contribution in [1.82, 2.24) is 9.80 Å². The molecule has 1 heterocycles. The number of amides is 3. The molecule has 1 fully saturated rings. The first kappa shape index (κ1) is 25.3.